The van der Waals surface area contributed by atoms with Gasteiger partial charge >= 0.3 is 0 Å². The maximum atomic E-state index is 14.0. The van der Waals surface area contributed by atoms with E-state index in [1.165, 1.54) is 34.6 Å². The van der Waals surface area contributed by atoms with Crippen LogP contribution in [0.5, 0.6) is 0 Å². The van der Waals surface area contributed by atoms with Gasteiger partial charge in [-0.25, -0.2) is 13.8 Å². The molecular weight excluding hydrogens is 442 g/mol. The average Bonchev–Trinajstić information content (AvgIpc) is 2.80. The van der Waals surface area contributed by atoms with Crippen molar-refractivity contribution in [2.45, 2.75) is 32.3 Å². The first-order valence-corrected chi connectivity index (χ1v) is 10.3. The third-order valence-corrected chi connectivity index (χ3v) is 5.60. The number of nitrogens with zero attached hydrogens (tertiary/aromatic N) is 3. The van der Waals surface area contributed by atoms with Crippen LogP contribution < -0.4 is 5.56 Å². The summed E-state index contributed by atoms with van der Waals surface area (Å²) in [6.07, 6.45) is -2.56. The average molecular weight is 463 g/mol. The number of ether oxygens (including phenoxy) is 1. The molecule has 1 unspecified atom stereocenters. The van der Waals surface area contributed by atoms with Crippen molar-refractivity contribution >= 4 is 11.6 Å². The van der Waals surface area contributed by atoms with Gasteiger partial charge < -0.3 is 9.64 Å². The van der Waals surface area contributed by atoms with E-state index in [1.54, 1.807) is 24.3 Å². The Kier molecular flexibility index (Phi) is 5.96. The van der Waals surface area contributed by atoms with Gasteiger partial charge in [-0.15, -0.1) is 0 Å². The molecule has 1 fully saturated rings. The summed E-state index contributed by atoms with van der Waals surface area (Å²) in [6, 6.07) is 9.49. The molecule has 1 aliphatic rings. The SMILES string of the molecule is Cc1c(C(C)(F)F)nc2c(-c3ccc(C(=O)N4CCOC(C(F)F)C4)cc3)cccn2c1=O. The normalized spacial score (nSPS) is 17.1. The van der Waals surface area contributed by atoms with Crippen LogP contribution in [0.2, 0.25) is 0 Å². The van der Waals surface area contributed by atoms with Crippen molar-refractivity contribution in [2.75, 3.05) is 19.7 Å². The van der Waals surface area contributed by atoms with Gasteiger partial charge in [-0.2, -0.15) is 8.78 Å². The fourth-order valence-electron chi connectivity index (χ4n) is 3.89. The maximum Gasteiger partial charge on any atom is 0.287 e. The van der Waals surface area contributed by atoms with Crippen molar-refractivity contribution in [3.8, 4) is 11.1 Å². The van der Waals surface area contributed by atoms with Crippen LogP contribution in [0.25, 0.3) is 16.8 Å². The van der Waals surface area contributed by atoms with Crippen molar-refractivity contribution in [1.82, 2.24) is 14.3 Å². The van der Waals surface area contributed by atoms with Gasteiger partial charge in [0.1, 0.15) is 17.4 Å². The van der Waals surface area contributed by atoms with Gasteiger partial charge in [-0.05, 0) is 36.8 Å². The van der Waals surface area contributed by atoms with Crippen molar-refractivity contribution in [2.24, 2.45) is 0 Å². The second kappa shape index (κ2) is 8.58. The van der Waals surface area contributed by atoms with Crippen LogP contribution in [-0.2, 0) is 10.7 Å². The highest BCUT2D eigenvalue weighted by molar-refractivity contribution is 5.95. The molecule has 2 aromatic heterocycles. The summed E-state index contributed by atoms with van der Waals surface area (Å²) in [5.41, 5.74) is 0.0261. The maximum absolute atomic E-state index is 14.0. The first kappa shape index (κ1) is 22.9. The van der Waals surface area contributed by atoms with Crippen LogP contribution in [0.4, 0.5) is 17.6 Å². The molecule has 1 amide bonds. The summed E-state index contributed by atoms with van der Waals surface area (Å²) in [6.45, 7) is 2.02. The van der Waals surface area contributed by atoms with E-state index in [0.29, 0.717) is 18.1 Å². The van der Waals surface area contributed by atoms with Crippen molar-refractivity contribution in [3.63, 3.8) is 0 Å². The number of halogens is 4. The van der Waals surface area contributed by atoms with Crippen molar-refractivity contribution < 1.29 is 27.1 Å². The van der Waals surface area contributed by atoms with Crippen LogP contribution >= 0.6 is 0 Å². The van der Waals surface area contributed by atoms with Gasteiger partial charge in [0.05, 0.1) is 13.2 Å². The summed E-state index contributed by atoms with van der Waals surface area (Å²) < 4.78 is 60.2. The zero-order valence-electron chi connectivity index (χ0n) is 17.9. The second-order valence-corrected chi connectivity index (χ2v) is 7.97. The molecule has 3 aromatic rings. The van der Waals surface area contributed by atoms with Crippen LogP contribution in [0.1, 0.15) is 28.5 Å². The van der Waals surface area contributed by atoms with E-state index in [9.17, 15) is 27.2 Å². The van der Waals surface area contributed by atoms with E-state index < -0.39 is 35.6 Å². The lowest BCUT2D eigenvalue weighted by Gasteiger charge is -2.32. The first-order chi connectivity index (χ1) is 15.6. The number of fused-ring (bicyclic) bond motifs is 1. The second-order valence-electron chi connectivity index (χ2n) is 7.97. The van der Waals surface area contributed by atoms with E-state index in [1.807, 2.05) is 0 Å². The Hall–Kier alpha value is -3.27. The minimum Gasteiger partial charge on any atom is -0.369 e. The standard InChI is InChI=1S/C23H21F4N3O3/c1-13-18(23(2,26)27)28-20-16(4-3-9-30(20)21(13)31)14-5-7-15(8-6-14)22(32)29-10-11-33-17(12-29)19(24)25/h3-9,17,19H,10-12H2,1-2H3. The molecule has 0 saturated carbocycles. The van der Waals surface area contributed by atoms with Gasteiger partial charge in [0.2, 0.25) is 0 Å². The lowest BCUT2D eigenvalue weighted by Crippen LogP contribution is -2.48. The van der Waals surface area contributed by atoms with E-state index in [-0.39, 0.29) is 36.5 Å². The van der Waals surface area contributed by atoms with Gasteiger partial charge in [0.15, 0.2) is 0 Å². The molecule has 10 heteroatoms. The fraction of sp³-hybridized carbons (Fsp3) is 0.348. The molecule has 1 atom stereocenters. The molecule has 4 rings (SSSR count). The monoisotopic (exact) mass is 463 g/mol. The number of rotatable bonds is 4. The predicted octanol–water partition coefficient (Wildman–Crippen LogP) is 3.89. The molecule has 0 N–H and O–H groups in total. The molecule has 6 nitrogen and oxygen atoms in total. The molecule has 1 aromatic carbocycles. The Morgan fingerprint density at radius 2 is 1.91 bits per heavy atom. The summed E-state index contributed by atoms with van der Waals surface area (Å²) in [5, 5.41) is 0. The number of aromatic nitrogens is 2. The van der Waals surface area contributed by atoms with Crippen molar-refractivity contribution in [1.29, 1.82) is 0 Å². The highest BCUT2D eigenvalue weighted by Gasteiger charge is 2.32. The van der Waals surface area contributed by atoms with Crippen molar-refractivity contribution in [3.05, 3.63) is 69.8 Å². The Labute approximate surface area is 186 Å². The molecule has 1 saturated heterocycles. The summed E-state index contributed by atoms with van der Waals surface area (Å²) >= 11 is 0. The summed E-state index contributed by atoms with van der Waals surface area (Å²) in [5.74, 6) is -3.71. The summed E-state index contributed by atoms with van der Waals surface area (Å²) in [7, 11) is 0. The molecule has 0 spiro atoms. The lowest BCUT2D eigenvalue weighted by molar-refractivity contribution is -0.0942. The molecular formula is C23H21F4N3O3. The minimum atomic E-state index is -3.30. The zero-order chi connectivity index (χ0) is 23.9. The largest absolute Gasteiger partial charge is 0.369 e. The van der Waals surface area contributed by atoms with E-state index in [2.05, 4.69) is 4.98 Å². The fourth-order valence-corrected chi connectivity index (χ4v) is 3.89. The third kappa shape index (κ3) is 4.35. The Morgan fingerprint density at radius 3 is 2.55 bits per heavy atom. The van der Waals surface area contributed by atoms with E-state index in [4.69, 9.17) is 4.74 Å². The first-order valence-electron chi connectivity index (χ1n) is 10.3. The number of hydrogen-bond donors (Lipinski definition) is 0. The lowest BCUT2D eigenvalue weighted by atomic mass is 10.0. The molecule has 0 bridgehead atoms. The smallest absolute Gasteiger partial charge is 0.287 e. The van der Waals surface area contributed by atoms with Gasteiger partial charge in [0.25, 0.3) is 23.8 Å². The number of alkyl halides is 4. The van der Waals surface area contributed by atoms with Crippen LogP contribution in [0.15, 0.2) is 47.4 Å². The predicted molar refractivity (Wildman–Crippen MR) is 113 cm³/mol. The number of amides is 1. The Bertz CT molecular complexity index is 1250. The Morgan fingerprint density at radius 1 is 1.21 bits per heavy atom. The number of benzene rings is 1. The third-order valence-electron chi connectivity index (χ3n) is 5.60. The van der Waals surface area contributed by atoms with Gasteiger partial charge in [-0.1, -0.05) is 12.1 Å². The quantitative estimate of drug-likeness (QED) is 0.551. The number of carbonyl (C=O) groups is 1. The number of hydrogen-bond acceptors (Lipinski definition) is 4. The molecule has 0 aliphatic carbocycles. The van der Waals surface area contributed by atoms with E-state index >= 15 is 0 Å². The molecule has 33 heavy (non-hydrogen) atoms. The molecule has 1 aliphatic heterocycles. The summed E-state index contributed by atoms with van der Waals surface area (Å²) in [4.78, 5) is 30.8. The topological polar surface area (TPSA) is 63.9 Å². The minimum absolute atomic E-state index is 0.0269. The zero-order valence-corrected chi connectivity index (χ0v) is 17.9. The van der Waals surface area contributed by atoms with Gasteiger partial charge in [-0.3, -0.25) is 14.0 Å². The van der Waals surface area contributed by atoms with Crippen LogP contribution in [-0.4, -0.2) is 52.4 Å². The molecule has 174 valence electrons. The number of pyridine rings is 1. The number of carbonyl (C=O) groups excluding carboxylic acids is 1. The van der Waals surface area contributed by atoms with Crippen LogP contribution in [0.3, 0.4) is 0 Å². The highest BCUT2D eigenvalue weighted by atomic mass is 19.3. The number of morpholine rings is 1. The van der Waals surface area contributed by atoms with Crippen LogP contribution in [0, 0.1) is 6.92 Å². The Balaban J connectivity index is 1.69. The molecule has 0 radical (unpaired) electrons. The molecule has 3 heterocycles. The van der Waals surface area contributed by atoms with E-state index in [0.717, 1.165) is 0 Å². The van der Waals surface area contributed by atoms with Gasteiger partial charge in [0, 0.05) is 36.4 Å². The highest BCUT2D eigenvalue weighted by Crippen LogP contribution is 2.30.